The molecule has 2 aliphatic heterocycles. The number of nitrogens with zero attached hydrogens (tertiary/aromatic N) is 3. The summed E-state index contributed by atoms with van der Waals surface area (Å²) < 4.78 is 5.39. The first kappa shape index (κ1) is 11.3. The van der Waals surface area contributed by atoms with Crippen LogP contribution in [-0.2, 0) is 4.79 Å². The van der Waals surface area contributed by atoms with Gasteiger partial charge in [-0.25, -0.2) is 0 Å². The van der Waals surface area contributed by atoms with Crippen LogP contribution in [0.15, 0.2) is 4.52 Å². The Balaban J connectivity index is 1.59. The van der Waals surface area contributed by atoms with Crippen LogP contribution in [0.2, 0.25) is 0 Å². The highest BCUT2D eigenvalue weighted by molar-refractivity contribution is 5.73. The lowest BCUT2D eigenvalue weighted by Gasteiger charge is -2.22. The van der Waals surface area contributed by atoms with E-state index >= 15 is 0 Å². The zero-order valence-corrected chi connectivity index (χ0v) is 10.7. The van der Waals surface area contributed by atoms with Crippen molar-refractivity contribution in [2.75, 3.05) is 4.90 Å². The number of carbonyl (C=O) groups is 1. The van der Waals surface area contributed by atoms with Crippen LogP contribution in [0, 0.1) is 5.92 Å². The van der Waals surface area contributed by atoms with Gasteiger partial charge in [0.15, 0.2) is 5.82 Å². The molecule has 0 aromatic carbocycles. The smallest absolute Gasteiger partial charge is 0.324 e. The molecule has 3 heterocycles. The second kappa shape index (κ2) is 3.95. The third-order valence-electron chi connectivity index (χ3n) is 4.98. The molecule has 3 aliphatic rings. The standard InChI is InChI=1S/C13H17N3O3/c17-12(18)9-6-8-4-5-10(9)16(8)13-14-11(15-19-13)7-2-1-3-7/h7-10H,1-6H2,(H,17,18). The summed E-state index contributed by atoms with van der Waals surface area (Å²) in [6.45, 7) is 0. The maximum Gasteiger partial charge on any atom is 0.324 e. The predicted molar refractivity (Wildman–Crippen MR) is 65.9 cm³/mol. The van der Waals surface area contributed by atoms with Gasteiger partial charge in [0.25, 0.3) is 0 Å². The number of hydrogen-bond donors (Lipinski definition) is 1. The topological polar surface area (TPSA) is 79.5 Å². The van der Waals surface area contributed by atoms with E-state index in [9.17, 15) is 9.90 Å². The van der Waals surface area contributed by atoms with Crippen molar-refractivity contribution in [1.29, 1.82) is 0 Å². The van der Waals surface area contributed by atoms with Crippen LogP contribution in [0.25, 0.3) is 0 Å². The average Bonchev–Trinajstić information content (AvgIpc) is 2.98. The number of aromatic nitrogens is 2. The van der Waals surface area contributed by atoms with Crippen molar-refractivity contribution in [3.63, 3.8) is 0 Å². The van der Waals surface area contributed by atoms with E-state index in [0.717, 1.165) is 31.5 Å². The molecule has 1 saturated carbocycles. The summed E-state index contributed by atoms with van der Waals surface area (Å²) in [6, 6.07) is 0.844. The van der Waals surface area contributed by atoms with E-state index in [1.54, 1.807) is 0 Å². The van der Waals surface area contributed by atoms with Gasteiger partial charge in [-0.15, -0.1) is 0 Å². The fraction of sp³-hybridized carbons (Fsp3) is 0.769. The number of aliphatic carboxylic acids is 1. The van der Waals surface area contributed by atoms with Crippen LogP contribution in [0.3, 0.4) is 0 Å². The van der Waals surface area contributed by atoms with Crippen molar-refractivity contribution < 1.29 is 14.4 Å². The lowest BCUT2D eigenvalue weighted by Crippen LogP contribution is -2.33. The van der Waals surface area contributed by atoms with Crippen LogP contribution in [0.5, 0.6) is 0 Å². The van der Waals surface area contributed by atoms with E-state index in [0.29, 0.717) is 18.4 Å². The van der Waals surface area contributed by atoms with Gasteiger partial charge in [0.2, 0.25) is 0 Å². The highest BCUT2D eigenvalue weighted by Crippen LogP contribution is 2.44. The third-order valence-corrected chi connectivity index (χ3v) is 4.98. The third kappa shape index (κ3) is 1.58. The first-order valence-electron chi connectivity index (χ1n) is 7.09. The number of carboxylic acid groups (broad SMARTS) is 1. The van der Waals surface area contributed by atoms with Crippen molar-refractivity contribution in [3.05, 3.63) is 5.82 Å². The van der Waals surface area contributed by atoms with Crippen molar-refractivity contribution in [2.45, 2.75) is 56.5 Å². The summed E-state index contributed by atoms with van der Waals surface area (Å²) in [5.41, 5.74) is 0. The Hall–Kier alpha value is -1.59. The molecular formula is C13H17N3O3. The molecule has 1 aromatic heterocycles. The second-order valence-corrected chi connectivity index (χ2v) is 5.95. The minimum Gasteiger partial charge on any atom is -0.481 e. The van der Waals surface area contributed by atoms with Crippen molar-refractivity contribution in [2.24, 2.45) is 5.92 Å². The molecule has 19 heavy (non-hydrogen) atoms. The van der Waals surface area contributed by atoms with Crippen LogP contribution in [-0.4, -0.2) is 33.3 Å². The van der Waals surface area contributed by atoms with Gasteiger partial charge in [-0.1, -0.05) is 11.6 Å². The SMILES string of the molecule is O=C(O)C1CC2CCC1N2c1nc(C2CCC2)no1. The Morgan fingerprint density at radius 2 is 2.16 bits per heavy atom. The number of carboxylic acids is 1. The Bertz CT molecular complexity index is 511. The average molecular weight is 263 g/mol. The maximum absolute atomic E-state index is 11.2. The highest BCUT2D eigenvalue weighted by atomic mass is 16.5. The summed E-state index contributed by atoms with van der Waals surface area (Å²) in [7, 11) is 0. The fourth-order valence-electron chi connectivity index (χ4n) is 3.72. The molecule has 0 spiro atoms. The number of fused-ring (bicyclic) bond motifs is 2. The molecule has 1 N–H and O–H groups in total. The minimum atomic E-state index is -0.698. The minimum absolute atomic E-state index is 0.0391. The van der Waals surface area contributed by atoms with Gasteiger partial charge in [0, 0.05) is 18.0 Å². The lowest BCUT2D eigenvalue weighted by molar-refractivity contribution is -0.142. The molecule has 4 rings (SSSR count). The zero-order valence-electron chi connectivity index (χ0n) is 10.7. The fourth-order valence-corrected chi connectivity index (χ4v) is 3.72. The molecule has 2 saturated heterocycles. The van der Waals surface area contributed by atoms with Gasteiger partial charge in [-0.3, -0.25) is 4.79 Å². The molecule has 0 radical (unpaired) electrons. The summed E-state index contributed by atoms with van der Waals surface area (Å²) in [5.74, 6) is 0.279. The normalized spacial score (nSPS) is 33.7. The molecule has 3 atom stereocenters. The molecule has 0 amide bonds. The number of hydrogen-bond acceptors (Lipinski definition) is 5. The van der Waals surface area contributed by atoms with Crippen LogP contribution < -0.4 is 4.90 Å². The quantitative estimate of drug-likeness (QED) is 0.895. The molecule has 6 nitrogen and oxygen atoms in total. The second-order valence-electron chi connectivity index (χ2n) is 5.95. The predicted octanol–water partition coefficient (Wildman–Crippen LogP) is 1.78. The van der Waals surface area contributed by atoms with Gasteiger partial charge in [0.05, 0.1) is 5.92 Å². The highest BCUT2D eigenvalue weighted by Gasteiger charge is 2.51. The van der Waals surface area contributed by atoms with Gasteiger partial charge < -0.3 is 14.5 Å². The molecule has 1 aromatic rings. The first-order valence-corrected chi connectivity index (χ1v) is 7.09. The summed E-state index contributed by atoms with van der Waals surface area (Å²) in [6.07, 6.45) is 6.19. The summed E-state index contributed by atoms with van der Waals surface area (Å²) in [5, 5.41) is 13.3. The van der Waals surface area contributed by atoms with E-state index in [-0.39, 0.29) is 18.0 Å². The molecule has 1 aliphatic carbocycles. The summed E-state index contributed by atoms with van der Waals surface area (Å²) in [4.78, 5) is 17.8. The van der Waals surface area contributed by atoms with Crippen molar-refractivity contribution in [3.8, 4) is 0 Å². The zero-order chi connectivity index (χ0) is 13.0. The van der Waals surface area contributed by atoms with E-state index in [1.165, 1.54) is 6.42 Å². The van der Waals surface area contributed by atoms with Gasteiger partial charge in [-0.2, -0.15) is 4.98 Å². The number of anilines is 1. The van der Waals surface area contributed by atoms with Crippen LogP contribution in [0.1, 0.15) is 50.3 Å². The largest absolute Gasteiger partial charge is 0.481 e. The van der Waals surface area contributed by atoms with E-state index in [2.05, 4.69) is 15.0 Å². The Kier molecular flexibility index (Phi) is 2.34. The maximum atomic E-state index is 11.2. The first-order chi connectivity index (χ1) is 9.24. The lowest BCUT2D eigenvalue weighted by atomic mass is 9.85. The van der Waals surface area contributed by atoms with Gasteiger partial charge in [-0.05, 0) is 32.1 Å². The van der Waals surface area contributed by atoms with Crippen molar-refractivity contribution in [1.82, 2.24) is 10.1 Å². The van der Waals surface area contributed by atoms with E-state index in [1.807, 2.05) is 0 Å². The Morgan fingerprint density at radius 1 is 1.32 bits per heavy atom. The Labute approximate surface area is 110 Å². The van der Waals surface area contributed by atoms with E-state index < -0.39 is 5.97 Å². The Morgan fingerprint density at radius 3 is 2.79 bits per heavy atom. The molecule has 102 valence electrons. The van der Waals surface area contributed by atoms with Gasteiger partial charge >= 0.3 is 12.0 Å². The molecule has 3 fully saturated rings. The molecule has 3 unspecified atom stereocenters. The molecule has 6 heteroatoms. The van der Waals surface area contributed by atoms with Crippen LogP contribution in [0.4, 0.5) is 6.01 Å². The van der Waals surface area contributed by atoms with Gasteiger partial charge in [0.1, 0.15) is 0 Å². The van der Waals surface area contributed by atoms with E-state index in [4.69, 9.17) is 4.52 Å². The molecular weight excluding hydrogens is 246 g/mol. The van der Waals surface area contributed by atoms with Crippen molar-refractivity contribution >= 4 is 12.0 Å². The monoisotopic (exact) mass is 263 g/mol. The number of rotatable bonds is 3. The molecule has 2 bridgehead atoms. The summed E-state index contributed by atoms with van der Waals surface area (Å²) >= 11 is 0. The van der Waals surface area contributed by atoms with Crippen LogP contribution >= 0.6 is 0 Å².